The Bertz CT molecular complexity index is 387. The molecule has 0 heterocycles. The van der Waals surface area contributed by atoms with Gasteiger partial charge in [0.1, 0.15) is 5.75 Å². The molecule has 1 aromatic rings. The molecule has 1 aromatic carbocycles. The Morgan fingerprint density at radius 2 is 2.21 bits per heavy atom. The maximum absolute atomic E-state index is 10.7. The van der Waals surface area contributed by atoms with E-state index in [0.717, 1.165) is 0 Å². The number of halogens is 1. The number of hydrogen-bond donors (Lipinski definition) is 1. The van der Waals surface area contributed by atoms with E-state index in [1.54, 1.807) is 0 Å². The van der Waals surface area contributed by atoms with Crippen LogP contribution in [0.4, 0.5) is 0 Å². The van der Waals surface area contributed by atoms with Gasteiger partial charge in [-0.15, -0.1) is 0 Å². The molecule has 4 nitrogen and oxygen atoms in total. The minimum Gasteiger partial charge on any atom is -0.495 e. The second-order valence-corrected chi connectivity index (χ2v) is 2.90. The topological polar surface area (TPSA) is 63.6 Å². The summed E-state index contributed by atoms with van der Waals surface area (Å²) in [6.07, 6.45) is 0.439. The van der Waals surface area contributed by atoms with Gasteiger partial charge in [-0.05, 0) is 12.1 Å². The number of benzene rings is 1. The van der Waals surface area contributed by atoms with Crippen LogP contribution >= 0.6 is 11.6 Å². The molecule has 5 heteroatoms. The molecule has 0 atom stereocenters. The molecular weight excluding hydrogens is 208 g/mol. The average Bonchev–Trinajstić information content (AvgIpc) is 2.16. The Kier molecular flexibility index (Phi) is 3.09. The third kappa shape index (κ3) is 1.85. The van der Waals surface area contributed by atoms with Gasteiger partial charge < -0.3 is 9.84 Å². The summed E-state index contributed by atoms with van der Waals surface area (Å²) in [6, 6.07) is 2.48. The highest BCUT2D eigenvalue weighted by Crippen LogP contribution is 2.27. The molecular formula is C9H7ClO4. The lowest BCUT2D eigenvalue weighted by atomic mass is 10.1. The fourth-order valence-electron chi connectivity index (χ4n) is 1.01. The van der Waals surface area contributed by atoms with E-state index in [1.807, 2.05) is 0 Å². The van der Waals surface area contributed by atoms with Crippen molar-refractivity contribution in [1.29, 1.82) is 0 Å². The lowest BCUT2D eigenvalue weighted by Gasteiger charge is -2.05. The zero-order valence-electron chi connectivity index (χ0n) is 7.28. The van der Waals surface area contributed by atoms with Crippen LogP contribution in [0.25, 0.3) is 0 Å². The number of carboxylic acid groups (broad SMARTS) is 1. The van der Waals surface area contributed by atoms with Crippen LogP contribution in [-0.2, 0) is 0 Å². The number of carbonyl (C=O) groups is 2. The highest BCUT2D eigenvalue weighted by atomic mass is 35.5. The number of rotatable bonds is 3. The van der Waals surface area contributed by atoms with Crippen molar-refractivity contribution >= 4 is 23.9 Å². The summed E-state index contributed by atoms with van der Waals surface area (Å²) >= 11 is 5.71. The van der Waals surface area contributed by atoms with E-state index >= 15 is 0 Å². The first-order valence-corrected chi connectivity index (χ1v) is 4.04. The third-order valence-electron chi connectivity index (χ3n) is 1.68. The molecule has 1 N–H and O–H groups in total. The molecule has 0 unspecified atom stereocenters. The Labute approximate surface area is 85.1 Å². The zero-order chi connectivity index (χ0) is 10.7. The van der Waals surface area contributed by atoms with Crippen molar-refractivity contribution in [1.82, 2.24) is 0 Å². The molecule has 0 spiro atoms. The summed E-state index contributed by atoms with van der Waals surface area (Å²) in [7, 11) is 1.37. The van der Waals surface area contributed by atoms with Gasteiger partial charge in [-0.3, -0.25) is 4.79 Å². The van der Waals surface area contributed by atoms with Crippen LogP contribution in [0, 0.1) is 0 Å². The summed E-state index contributed by atoms with van der Waals surface area (Å²) in [5.41, 5.74) is -0.0930. The Balaban J connectivity index is 3.39. The number of methoxy groups -OCH3 is 1. The van der Waals surface area contributed by atoms with Crippen molar-refractivity contribution in [3.8, 4) is 5.75 Å². The van der Waals surface area contributed by atoms with Crippen LogP contribution in [0.3, 0.4) is 0 Å². The molecule has 74 valence electrons. The highest BCUT2D eigenvalue weighted by molar-refractivity contribution is 6.32. The number of ether oxygens (including phenoxy) is 1. The minimum atomic E-state index is -1.19. The van der Waals surface area contributed by atoms with Crippen LogP contribution in [0.1, 0.15) is 20.7 Å². The van der Waals surface area contributed by atoms with Crippen LogP contribution in [0.15, 0.2) is 12.1 Å². The number of carbonyl (C=O) groups excluding carboxylic acids is 1. The van der Waals surface area contributed by atoms with E-state index in [4.69, 9.17) is 21.4 Å². The van der Waals surface area contributed by atoms with Crippen LogP contribution in [-0.4, -0.2) is 24.5 Å². The van der Waals surface area contributed by atoms with Gasteiger partial charge in [0, 0.05) is 5.56 Å². The quantitative estimate of drug-likeness (QED) is 0.780. The zero-order valence-corrected chi connectivity index (χ0v) is 8.04. The van der Waals surface area contributed by atoms with E-state index < -0.39 is 5.97 Å². The molecule has 0 fully saturated rings. The molecule has 0 amide bonds. The van der Waals surface area contributed by atoms with Gasteiger partial charge in [0.25, 0.3) is 0 Å². The molecule has 0 aromatic heterocycles. The van der Waals surface area contributed by atoms with Gasteiger partial charge in [-0.2, -0.15) is 0 Å². The molecule has 0 aliphatic rings. The fraction of sp³-hybridized carbons (Fsp3) is 0.111. The molecule has 0 saturated carbocycles. The summed E-state index contributed by atoms with van der Waals surface area (Å²) in [4.78, 5) is 21.2. The van der Waals surface area contributed by atoms with Crippen molar-refractivity contribution in [2.24, 2.45) is 0 Å². The molecule has 0 bridgehead atoms. The maximum Gasteiger partial charge on any atom is 0.336 e. The number of aldehydes is 1. The van der Waals surface area contributed by atoms with Gasteiger partial charge in [0.2, 0.25) is 0 Å². The summed E-state index contributed by atoms with van der Waals surface area (Å²) < 4.78 is 4.82. The SMILES string of the molecule is COc1cc(C(=O)O)c(C=O)cc1Cl. The van der Waals surface area contributed by atoms with Gasteiger partial charge in [-0.25, -0.2) is 4.79 Å². The van der Waals surface area contributed by atoms with Gasteiger partial charge in [-0.1, -0.05) is 11.6 Å². The predicted molar refractivity (Wildman–Crippen MR) is 50.4 cm³/mol. The fourth-order valence-corrected chi connectivity index (χ4v) is 1.26. The number of aromatic carboxylic acids is 1. The first-order valence-electron chi connectivity index (χ1n) is 3.66. The lowest BCUT2D eigenvalue weighted by Crippen LogP contribution is -2.02. The van der Waals surface area contributed by atoms with Crippen LogP contribution < -0.4 is 4.74 Å². The van der Waals surface area contributed by atoms with E-state index in [1.165, 1.54) is 19.2 Å². The second kappa shape index (κ2) is 4.11. The largest absolute Gasteiger partial charge is 0.495 e. The van der Waals surface area contributed by atoms with E-state index in [-0.39, 0.29) is 21.9 Å². The molecule has 0 saturated heterocycles. The first-order chi connectivity index (χ1) is 6.60. The van der Waals surface area contributed by atoms with Gasteiger partial charge >= 0.3 is 5.97 Å². The molecule has 1 rings (SSSR count). The molecule has 0 radical (unpaired) electrons. The highest BCUT2D eigenvalue weighted by Gasteiger charge is 2.13. The van der Waals surface area contributed by atoms with Crippen molar-refractivity contribution in [3.05, 3.63) is 28.3 Å². The Morgan fingerprint density at radius 3 is 2.64 bits per heavy atom. The minimum absolute atomic E-state index is 0.0308. The third-order valence-corrected chi connectivity index (χ3v) is 1.98. The second-order valence-electron chi connectivity index (χ2n) is 2.50. The standard InChI is InChI=1S/C9H7ClO4/c1-14-8-3-6(9(12)13)5(4-11)2-7(8)10/h2-4H,1H3,(H,12,13). The van der Waals surface area contributed by atoms with Crippen LogP contribution in [0.5, 0.6) is 5.75 Å². The van der Waals surface area contributed by atoms with Crippen molar-refractivity contribution < 1.29 is 19.4 Å². The van der Waals surface area contributed by atoms with Crippen molar-refractivity contribution in [3.63, 3.8) is 0 Å². The summed E-state index contributed by atoms with van der Waals surface area (Å²) in [6.45, 7) is 0. The van der Waals surface area contributed by atoms with Gasteiger partial charge in [0.15, 0.2) is 6.29 Å². The summed E-state index contributed by atoms with van der Waals surface area (Å²) in [5, 5.41) is 8.96. The normalized spacial score (nSPS) is 9.57. The molecule has 0 aliphatic heterocycles. The van der Waals surface area contributed by atoms with Crippen molar-refractivity contribution in [2.45, 2.75) is 0 Å². The van der Waals surface area contributed by atoms with E-state index in [2.05, 4.69) is 0 Å². The van der Waals surface area contributed by atoms with Crippen molar-refractivity contribution in [2.75, 3.05) is 7.11 Å². The number of hydrogen-bond acceptors (Lipinski definition) is 3. The molecule has 0 aliphatic carbocycles. The van der Waals surface area contributed by atoms with Gasteiger partial charge in [0.05, 0.1) is 17.7 Å². The van der Waals surface area contributed by atoms with E-state index in [9.17, 15) is 9.59 Å². The molecule has 14 heavy (non-hydrogen) atoms. The maximum atomic E-state index is 10.7. The van der Waals surface area contributed by atoms with E-state index in [0.29, 0.717) is 6.29 Å². The number of carboxylic acids is 1. The van der Waals surface area contributed by atoms with Crippen LogP contribution in [0.2, 0.25) is 5.02 Å². The Morgan fingerprint density at radius 1 is 1.57 bits per heavy atom. The smallest absolute Gasteiger partial charge is 0.336 e. The Hall–Kier alpha value is -1.55. The lowest BCUT2D eigenvalue weighted by molar-refractivity contribution is 0.0693. The average molecular weight is 215 g/mol. The predicted octanol–water partition coefficient (Wildman–Crippen LogP) is 1.86. The monoisotopic (exact) mass is 214 g/mol. The first kappa shape index (κ1) is 10.5. The summed E-state index contributed by atoms with van der Waals surface area (Å²) in [5.74, 6) is -0.961.